The molecule has 1 aromatic carbocycles. The van der Waals surface area contributed by atoms with Gasteiger partial charge in [-0.2, -0.15) is 0 Å². The summed E-state index contributed by atoms with van der Waals surface area (Å²) in [5, 5.41) is 0.157. The molecule has 0 heterocycles. The number of hydrogen-bond donors (Lipinski definition) is 2. The minimum Gasteiger partial charge on any atom is -0.497 e. The predicted molar refractivity (Wildman–Crippen MR) is 71.5 cm³/mol. The molecule has 0 saturated carbocycles. The van der Waals surface area contributed by atoms with E-state index in [2.05, 4.69) is 4.72 Å². The van der Waals surface area contributed by atoms with Crippen LogP contribution in [0.2, 0.25) is 5.02 Å². The van der Waals surface area contributed by atoms with Crippen molar-refractivity contribution in [1.82, 2.24) is 4.72 Å². The maximum atomic E-state index is 12.0. The molecule has 5 nitrogen and oxygen atoms in total. The summed E-state index contributed by atoms with van der Waals surface area (Å²) in [4.78, 5) is 0.00758. The fraction of sp³-hybridized carbons (Fsp3) is 0.455. The Bertz CT molecular complexity index is 503. The van der Waals surface area contributed by atoms with Crippen LogP contribution in [0.15, 0.2) is 23.1 Å². The van der Waals surface area contributed by atoms with Gasteiger partial charge in [-0.15, -0.1) is 0 Å². The average molecular weight is 293 g/mol. The van der Waals surface area contributed by atoms with Crippen molar-refractivity contribution in [3.8, 4) is 5.75 Å². The summed E-state index contributed by atoms with van der Waals surface area (Å²) in [5.74, 6) is 0.437. The third kappa shape index (κ3) is 4.13. The number of ether oxygens (including phenoxy) is 1. The average Bonchev–Trinajstić information content (AvgIpc) is 2.28. The molecule has 0 spiro atoms. The van der Waals surface area contributed by atoms with E-state index in [0.717, 1.165) is 0 Å². The second kappa shape index (κ2) is 6.38. The molecule has 0 aromatic heterocycles. The van der Waals surface area contributed by atoms with Gasteiger partial charge in [-0.1, -0.05) is 11.6 Å². The smallest absolute Gasteiger partial charge is 0.242 e. The predicted octanol–water partition coefficient (Wildman–Crippen LogP) is 1.36. The van der Waals surface area contributed by atoms with E-state index < -0.39 is 10.0 Å². The lowest BCUT2D eigenvalue weighted by molar-refractivity contribution is 0.413. The zero-order valence-corrected chi connectivity index (χ0v) is 11.9. The molecule has 7 heteroatoms. The first kappa shape index (κ1) is 15.2. The lowest BCUT2D eigenvalue weighted by atomic mass is 10.3. The number of halogens is 1. The van der Waals surface area contributed by atoms with E-state index in [0.29, 0.717) is 12.2 Å². The van der Waals surface area contributed by atoms with Crippen LogP contribution < -0.4 is 15.2 Å². The van der Waals surface area contributed by atoms with Gasteiger partial charge >= 0.3 is 0 Å². The topological polar surface area (TPSA) is 81.4 Å². The second-order valence-electron chi connectivity index (χ2n) is 3.96. The highest BCUT2D eigenvalue weighted by Gasteiger charge is 2.18. The van der Waals surface area contributed by atoms with Crippen molar-refractivity contribution in [2.24, 2.45) is 5.73 Å². The summed E-state index contributed by atoms with van der Waals surface area (Å²) in [5.41, 5.74) is 5.56. The highest BCUT2D eigenvalue weighted by atomic mass is 35.5. The molecule has 0 aliphatic carbocycles. The van der Waals surface area contributed by atoms with Crippen molar-refractivity contribution in [1.29, 1.82) is 0 Å². The van der Waals surface area contributed by atoms with Crippen LogP contribution in [-0.4, -0.2) is 28.1 Å². The minimum absolute atomic E-state index is 0.00758. The normalized spacial score (nSPS) is 13.3. The van der Waals surface area contributed by atoms with E-state index in [1.807, 2.05) is 6.92 Å². The Kier molecular flexibility index (Phi) is 5.40. The van der Waals surface area contributed by atoms with Crippen LogP contribution in [0.25, 0.3) is 0 Å². The molecular formula is C11H17ClN2O3S. The van der Waals surface area contributed by atoms with E-state index in [9.17, 15) is 8.42 Å². The zero-order valence-electron chi connectivity index (χ0n) is 10.3. The third-order valence-corrected chi connectivity index (χ3v) is 4.26. The van der Waals surface area contributed by atoms with Gasteiger partial charge in [-0.3, -0.25) is 0 Å². The van der Waals surface area contributed by atoms with E-state index in [4.69, 9.17) is 22.1 Å². The molecule has 3 N–H and O–H groups in total. The Morgan fingerprint density at radius 1 is 1.50 bits per heavy atom. The van der Waals surface area contributed by atoms with Gasteiger partial charge in [-0.25, -0.2) is 13.1 Å². The van der Waals surface area contributed by atoms with Gasteiger partial charge in [0.1, 0.15) is 10.6 Å². The summed E-state index contributed by atoms with van der Waals surface area (Å²) in [6, 6.07) is 4.41. The Morgan fingerprint density at radius 2 is 2.17 bits per heavy atom. The highest BCUT2D eigenvalue weighted by molar-refractivity contribution is 7.89. The van der Waals surface area contributed by atoms with Gasteiger partial charge in [-0.05, 0) is 25.5 Å². The number of nitrogens with one attached hydrogen (secondary N) is 1. The largest absolute Gasteiger partial charge is 0.497 e. The molecule has 0 saturated heterocycles. The zero-order chi connectivity index (χ0) is 13.8. The van der Waals surface area contributed by atoms with Gasteiger partial charge in [0.2, 0.25) is 10.0 Å². The molecule has 1 rings (SSSR count). The number of rotatable bonds is 6. The lowest BCUT2D eigenvalue weighted by Gasteiger charge is -2.10. The maximum absolute atomic E-state index is 12.0. The molecule has 0 fully saturated rings. The van der Waals surface area contributed by atoms with Gasteiger partial charge in [0.15, 0.2) is 0 Å². The van der Waals surface area contributed by atoms with Crippen LogP contribution in [-0.2, 0) is 10.0 Å². The molecule has 0 aliphatic rings. The minimum atomic E-state index is -3.64. The number of benzene rings is 1. The van der Waals surface area contributed by atoms with Crippen molar-refractivity contribution >= 4 is 21.6 Å². The number of hydrogen-bond acceptors (Lipinski definition) is 4. The first-order valence-corrected chi connectivity index (χ1v) is 7.31. The number of nitrogens with two attached hydrogens (primary N) is 1. The molecular weight excluding hydrogens is 276 g/mol. The van der Waals surface area contributed by atoms with E-state index in [1.165, 1.54) is 19.2 Å². The van der Waals surface area contributed by atoms with Crippen LogP contribution in [0, 0.1) is 0 Å². The summed E-state index contributed by atoms with van der Waals surface area (Å²) in [7, 11) is -2.18. The molecule has 0 bridgehead atoms. The van der Waals surface area contributed by atoms with Gasteiger partial charge < -0.3 is 10.5 Å². The van der Waals surface area contributed by atoms with Crippen LogP contribution >= 0.6 is 11.6 Å². The van der Waals surface area contributed by atoms with E-state index in [-0.39, 0.29) is 22.5 Å². The lowest BCUT2D eigenvalue weighted by Crippen LogP contribution is -2.29. The third-order valence-electron chi connectivity index (χ3n) is 2.32. The van der Waals surface area contributed by atoms with Crippen LogP contribution in [0.4, 0.5) is 0 Å². The SMILES string of the molecule is COc1ccc(Cl)c(S(=O)(=O)NCC[C@H](C)N)c1. The number of methoxy groups -OCH3 is 1. The molecule has 1 atom stereocenters. The highest BCUT2D eigenvalue weighted by Crippen LogP contribution is 2.25. The Balaban J connectivity index is 2.90. The first-order chi connectivity index (χ1) is 8.36. The molecule has 0 aliphatic heterocycles. The van der Waals surface area contributed by atoms with Crippen molar-refractivity contribution in [2.75, 3.05) is 13.7 Å². The summed E-state index contributed by atoms with van der Waals surface area (Å²) < 4.78 is 31.4. The standard InChI is InChI=1S/C11H17ClN2O3S/c1-8(13)5-6-14-18(15,16)11-7-9(17-2)3-4-10(11)12/h3-4,7-8,14H,5-6,13H2,1-2H3/t8-/m0/s1. The van der Waals surface area contributed by atoms with E-state index >= 15 is 0 Å². The molecule has 0 unspecified atom stereocenters. The fourth-order valence-corrected chi connectivity index (χ4v) is 2.88. The maximum Gasteiger partial charge on any atom is 0.242 e. The van der Waals surface area contributed by atoms with Gasteiger partial charge in [0.25, 0.3) is 0 Å². The van der Waals surface area contributed by atoms with Crippen molar-refractivity contribution in [2.45, 2.75) is 24.3 Å². The first-order valence-electron chi connectivity index (χ1n) is 5.45. The molecule has 102 valence electrons. The fourth-order valence-electron chi connectivity index (χ4n) is 1.32. The van der Waals surface area contributed by atoms with Crippen molar-refractivity contribution in [3.63, 3.8) is 0 Å². The Morgan fingerprint density at radius 3 is 2.72 bits per heavy atom. The molecule has 1 aromatic rings. The summed E-state index contributed by atoms with van der Waals surface area (Å²) >= 11 is 5.88. The van der Waals surface area contributed by atoms with Crippen LogP contribution in [0.3, 0.4) is 0 Å². The van der Waals surface area contributed by atoms with E-state index in [1.54, 1.807) is 6.07 Å². The summed E-state index contributed by atoms with van der Waals surface area (Å²) in [6.45, 7) is 2.08. The molecule has 18 heavy (non-hydrogen) atoms. The summed E-state index contributed by atoms with van der Waals surface area (Å²) in [6.07, 6.45) is 0.556. The Labute approximate surface area is 112 Å². The van der Waals surface area contributed by atoms with Gasteiger partial charge in [0.05, 0.1) is 12.1 Å². The number of sulfonamides is 1. The second-order valence-corrected chi connectivity index (χ2v) is 6.10. The van der Waals surface area contributed by atoms with Crippen LogP contribution in [0.5, 0.6) is 5.75 Å². The molecule has 0 radical (unpaired) electrons. The van der Waals surface area contributed by atoms with Gasteiger partial charge in [0, 0.05) is 18.7 Å². The molecule has 0 amide bonds. The quantitative estimate of drug-likeness (QED) is 0.829. The Hall–Kier alpha value is -0.820. The van der Waals surface area contributed by atoms with Crippen molar-refractivity contribution < 1.29 is 13.2 Å². The van der Waals surface area contributed by atoms with Crippen molar-refractivity contribution in [3.05, 3.63) is 23.2 Å². The monoisotopic (exact) mass is 292 g/mol. The van der Waals surface area contributed by atoms with Crippen LogP contribution in [0.1, 0.15) is 13.3 Å².